The number of hydrogen-bond acceptors (Lipinski definition) is 2. The Hall–Kier alpha value is -0.450. The monoisotopic (exact) mass is 330 g/mol. The fourth-order valence-electron chi connectivity index (χ4n) is 2.11. The molecule has 0 aromatic heterocycles. The van der Waals surface area contributed by atoms with E-state index < -0.39 is 0 Å². The molecule has 4 heteroatoms. The number of benzene rings is 1. The van der Waals surface area contributed by atoms with E-state index in [9.17, 15) is 4.39 Å². The smallest absolute Gasteiger partial charge is 0.123 e. The van der Waals surface area contributed by atoms with Gasteiger partial charge in [0.2, 0.25) is 0 Å². The van der Waals surface area contributed by atoms with Crippen LogP contribution in [0.4, 0.5) is 4.39 Å². The molecule has 1 rings (SSSR count). The lowest BCUT2D eigenvalue weighted by atomic mass is 9.93. The van der Waals surface area contributed by atoms with E-state index in [1.54, 1.807) is 12.1 Å². The van der Waals surface area contributed by atoms with Crippen molar-refractivity contribution in [3.63, 3.8) is 0 Å². The highest BCUT2D eigenvalue weighted by Gasteiger charge is 2.20. The standard InChI is InChI=1S/C15H24BrFN2/c1-4-7-19(11-15(2,3)10-18)9-12-8-13(17)5-6-14(12)16/h5-6,8H,4,7,9-11,18H2,1-3H3. The molecule has 0 bridgehead atoms. The van der Waals surface area contributed by atoms with Crippen molar-refractivity contribution in [2.75, 3.05) is 19.6 Å². The van der Waals surface area contributed by atoms with Crippen molar-refractivity contribution in [1.29, 1.82) is 0 Å². The van der Waals surface area contributed by atoms with Crippen LogP contribution in [-0.2, 0) is 6.54 Å². The summed E-state index contributed by atoms with van der Waals surface area (Å²) in [4.78, 5) is 2.34. The lowest BCUT2D eigenvalue weighted by Gasteiger charge is -2.32. The summed E-state index contributed by atoms with van der Waals surface area (Å²) in [6.07, 6.45) is 1.08. The summed E-state index contributed by atoms with van der Waals surface area (Å²) < 4.78 is 14.3. The molecule has 0 fully saturated rings. The highest BCUT2D eigenvalue weighted by Crippen LogP contribution is 2.22. The van der Waals surface area contributed by atoms with Gasteiger partial charge in [0.05, 0.1) is 0 Å². The lowest BCUT2D eigenvalue weighted by Crippen LogP contribution is -2.38. The SMILES string of the molecule is CCCN(Cc1cc(F)ccc1Br)CC(C)(C)CN. The Morgan fingerprint density at radius 3 is 2.63 bits per heavy atom. The van der Waals surface area contributed by atoms with Crippen LogP contribution in [0, 0.1) is 11.2 Å². The highest BCUT2D eigenvalue weighted by molar-refractivity contribution is 9.10. The summed E-state index contributed by atoms with van der Waals surface area (Å²) in [5, 5.41) is 0. The fraction of sp³-hybridized carbons (Fsp3) is 0.600. The van der Waals surface area contributed by atoms with Gasteiger partial charge in [-0.25, -0.2) is 4.39 Å². The zero-order valence-corrected chi connectivity index (χ0v) is 13.6. The molecule has 2 N–H and O–H groups in total. The van der Waals surface area contributed by atoms with Gasteiger partial charge in [-0.3, -0.25) is 4.90 Å². The topological polar surface area (TPSA) is 29.3 Å². The number of nitrogens with zero attached hydrogens (tertiary/aromatic N) is 1. The van der Waals surface area contributed by atoms with Gasteiger partial charge in [0, 0.05) is 17.6 Å². The number of nitrogens with two attached hydrogens (primary N) is 1. The van der Waals surface area contributed by atoms with Gasteiger partial charge >= 0.3 is 0 Å². The van der Waals surface area contributed by atoms with E-state index in [1.807, 2.05) is 0 Å². The molecule has 2 nitrogen and oxygen atoms in total. The number of hydrogen-bond donors (Lipinski definition) is 1. The van der Waals surface area contributed by atoms with Crippen molar-refractivity contribution < 1.29 is 4.39 Å². The molecule has 0 amide bonds. The minimum absolute atomic E-state index is 0.0783. The second kappa shape index (κ2) is 7.36. The van der Waals surface area contributed by atoms with Gasteiger partial charge in [0.25, 0.3) is 0 Å². The van der Waals surface area contributed by atoms with E-state index in [0.29, 0.717) is 6.54 Å². The highest BCUT2D eigenvalue weighted by atomic mass is 79.9. The van der Waals surface area contributed by atoms with Gasteiger partial charge in [-0.05, 0) is 48.7 Å². The summed E-state index contributed by atoms with van der Waals surface area (Å²) >= 11 is 3.49. The van der Waals surface area contributed by atoms with Gasteiger partial charge in [0.15, 0.2) is 0 Å². The molecule has 19 heavy (non-hydrogen) atoms. The first-order valence-electron chi connectivity index (χ1n) is 6.74. The van der Waals surface area contributed by atoms with E-state index in [1.165, 1.54) is 6.07 Å². The van der Waals surface area contributed by atoms with Crippen LogP contribution >= 0.6 is 15.9 Å². The van der Waals surface area contributed by atoms with Gasteiger partial charge in [0.1, 0.15) is 5.82 Å². The maximum Gasteiger partial charge on any atom is 0.123 e. The number of rotatable bonds is 7. The van der Waals surface area contributed by atoms with Crippen molar-refractivity contribution in [3.8, 4) is 0 Å². The van der Waals surface area contributed by atoms with Crippen LogP contribution in [0.5, 0.6) is 0 Å². The normalized spacial score (nSPS) is 12.2. The molecule has 0 aliphatic carbocycles. The van der Waals surface area contributed by atoms with Crippen LogP contribution in [0.3, 0.4) is 0 Å². The molecule has 0 heterocycles. The van der Waals surface area contributed by atoms with Gasteiger partial charge < -0.3 is 5.73 Å². The maximum atomic E-state index is 13.3. The first-order valence-corrected chi connectivity index (χ1v) is 7.53. The summed E-state index contributed by atoms with van der Waals surface area (Å²) in [6.45, 7) is 9.79. The molecule has 0 saturated heterocycles. The molecule has 0 aliphatic heterocycles. The predicted octanol–water partition coefficient (Wildman–Crippen LogP) is 3.79. The summed E-state index contributed by atoms with van der Waals surface area (Å²) in [6, 6.07) is 4.84. The molecule has 0 spiro atoms. The van der Waals surface area contributed by atoms with Crippen LogP contribution in [0.1, 0.15) is 32.8 Å². The van der Waals surface area contributed by atoms with E-state index in [2.05, 4.69) is 41.6 Å². The second-order valence-corrected chi connectivity index (χ2v) is 6.67. The van der Waals surface area contributed by atoms with Gasteiger partial charge in [-0.1, -0.05) is 36.7 Å². The van der Waals surface area contributed by atoms with Crippen molar-refractivity contribution >= 4 is 15.9 Å². The molecule has 0 saturated carbocycles. The summed E-state index contributed by atoms with van der Waals surface area (Å²) in [5.41, 5.74) is 6.87. The van der Waals surface area contributed by atoms with Crippen molar-refractivity contribution in [1.82, 2.24) is 4.90 Å². The Morgan fingerprint density at radius 1 is 1.37 bits per heavy atom. The summed E-state index contributed by atoms with van der Waals surface area (Å²) in [5.74, 6) is -0.187. The molecule has 1 aromatic carbocycles. The third kappa shape index (κ3) is 5.59. The zero-order valence-electron chi connectivity index (χ0n) is 12.0. The second-order valence-electron chi connectivity index (χ2n) is 5.81. The fourth-order valence-corrected chi connectivity index (χ4v) is 2.48. The van der Waals surface area contributed by atoms with Crippen molar-refractivity contribution in [2.24, 2.45) is 11.1 Å². The number of halogens is 2. The van der Waals surface area contributed by atoms with Gasteiger partial charge in [-0.2, -0.15) is 0 Å². The zero-order chi connectivity index (χ0) is 14.5. The van der Waals surface area contributed by atoms with Crippen LogP contribution in [0.25, 0.3) is 0 Å². The van der Waals surface area contributed by atoms with Crippen LogP contribution < -0.4 is 5.73 Å². The Kier molecular flexibility index (Phi) is 6.43. The minimum Gasteiger partial charge on any atom is -0.330 e. The van der Waals surface area contributed by atoms with E-state index >= 15 is 0 Å². The van der Waals surface area contributed by atoms with Gasteiger partial charge in [-0.15, -0.1) is 0 Å². The van der Waals surface area contributed by atoms with Crippen molar-refractivity contribution in [2.45, 2.75) is 33.7 Å². The molecule has 0 aliphatic rings. The predicted molar refractivity (Wildman–Crippen MR) is 82.5 cm³/mol. The first-order chi connectivity index (χ1) is 8.88. The molecular formula is C15H24BrFN2. The van der Waals surface area contributed by atoms with Crippen LogP contribution in [-0.4, -0.2) is 24.5 Å². The maximum absolute atomic E-state index is 13.3. The van der Waals surface area contributed by atoms with E-state index in [0.717, 1.165) is 36.1 Å². The minimum atomic E-state index is -0.187. The van der Waals surface area contributed by atoms with E-state index in [-0.39, 0.29) is 11.2 Å². The van der Waals surface area contributed by atoms with Crippen LogP contribution in [0.15, 0.2) is 22.7 Å². The van der Waals surface area contributed by atoms with Crippen molar-refractivity contribution in [3.05, 3.63) is 34.1 Å². The molecule has 1 aromatic rings. The average molecular weight is 331 g/mol. The van der Waals surface area contributed by atoms with Crippen LogP contribution in [0.2, 0.25) is 0 Å². The molecule has 0 atom stereocenters. The quantitative estimate of drug-likeness (QED) is 0.824. The Balaban J connectivity index is 2.80. The molecule has 0 radical (unpaired) electrons. The molecule has 0 unspecified atom stereocenters. The Bertz CT molecular complexity index is 407. The Labute approximate surface area is 124 Å². The first kappa shape index (κ1) is 16.6. The molecule has 108 valence electrons. The lowest BCUT2D eigenvalue weighted by molar-refractivity contribution is 0.175. The Morgan fingerprint density at radius 2 is 2.05 bits per heavy atom. The molecular weight excluding hydrogens is 307 g/mol. The largest absolute Gasteiger partial charge is 0.330 e. The third-order valence-corrected chi connectivity index (χ3v) is 3.92. The third-order valence-electron chi connectivity index (χ3n) is 3.15. The van der Waals surface area contributed by atoms with E-state index in [4.69, 9.17) is 5.73 Å². The summed E-state index contributed by atoms with van der Waals surface area (Å²) in [7, 11) is 0. The average Bonchev–Trinajstić information content (AvgIpc) is 2.34.